The van der Waals surface area contributed by atoms with Gasteiger partial charge in [-0.3, -0.25) is 4.98 Å². The van der Waals surface area contributed by atoms with Gasteiger partial charge in [0.2, 0.25) is 0 Å². The summed E-state index contributed by atoms with van der Waals surface area (Å²) in [7, 11) is 0. The van der Waals surface area contributed by atoms with Crippen molar-refractivity contribution in [2.45, 2.75) is 33.7 Å². The molecule has 2 heterocycles. The monoisotopic (exact) mass is 281 g/mol. The molecule has 2 aromatic heterocycles. The van der Waals surface area contributed by atoms with Crippen LogP contribution >= 0.6 is 0 Å². The van der Waals surface area contributed by atoms with Gasteiger partial charge in [-0.2, -0.15) is 0 Å². The smallest absolute Gasteiger partial charge is 0.145 e. The maximum Gasteiger partial charge on any atom is 0.145 e. The molecule has 1 aromatic carbocycles. The molecular formula is C16H19N5. The fraction of sp³-hybridized carbons (Fsp3) is 0.312. The Morgan fingerprint density at radius 2 is 1.76 bits per heavy atom. The molecule has 0 aliphatic rings. The molecule has 0 radical (unpaired) electrons. The lowest BCUT2D eigenvalue weighted by Crippen LogP contribution is -2.09. The lowest BCUT2D eigenvalue weighted by atomic mass is 10.2. The molecule has 0 saturated carbocycles. The van der Waals surface area contributed by atoms with Crippen LogP contribution < -0.4 is 5.73 Å². The van der Waals surface area contributed by atoms with E-state index in [0.29, 0.717) is 12.2 Å². The predicted molar refractivity (Wildman–Crippen MR) is 84.1 cm³/mol. The second-order valence-electron chi connectivity index (χ2n) is 5.16. The number of aromatic nitrogens is 4. The van der Waals surface area contributed by atoms with Gasteiger partial charge in [0.25, 0.3) is 0 Å². The normalized spacial score (nSPS) is 11.2. The van der Waals surface area contributed by atoms with Gasteiger partial charge in [-0.15, -0.1) is 0 Å². The van der Waals surface area contributed by atoms with E-state index in [1.54, 1.807) is 0 Å². The minimum atomic E-state index is 0.493. The van der Waals surface area contributed by atoms with Crippen molar-refractivity contribution in [3.63, 3.8) is 0 Å². The van der Waals surface area contributed by atoms with Crippen molar-refractivity contribution in [3.05, 3.63) is 47.2 Å². The average molecular weight is 281 g/mol. The van der Waals surface area contributed by atoms with Crippen LogP contribution in [-0.4, -0.2) is 19.5 Å². The van der Waals surface area contributed by atoms with Crippen molar-refractivity contribution in [1.82, 2.24) is 19.5 Å². The number of aryl methyl sites for hydroxylation is 3. The summed E-state index contributed by atoms with van der Waals surface area (Å²) in [5, 5.41) is 0. The number of imidazole rings is 1. The molecule has 5 heteroatoms. The van der Waals surface area contributed by atoms with Crippen LogP contribution in [0.5, 0.6) is 0 Å². The number of hydrogen-bond acceptors (Lipinski definition) is 4. The van der Waals surface area contributed by atoms with Gasteiger partial charge >= 0.3 is 0 Å². The van der Waals surface area contributed by atoms with Gasteiger partial charge in [0.15, 0.2) is 0 Å². The highest BCUT2D eigenvalue weighted by molar-refractivity contribution is 5.76. The van der Waals surface area contributed by atoms with Crippen molar-refractivity contribution >= 4 is 16.9 Å². The molecule has 3 rings (SSSR count). The number of fused-ring (bicyclic) bond motifs is 1. The molecule has 2 N–H and O–H groups in total. The Hall–Kier alpha value is -2.43. The molecule has 0 aliphatic heterocycles. The Morgan fingerprint density at radius 1 is 1.05 bits per heavy atom. The highest BCUT2D eigenvalue weighted by Crippen LogP contribution is 2.20. The maximum absolute atomic E-state index is 6.01. The van der Waals surface area contributed by atoms with Crippen molar-refractivity contribution in [2.24, 2.45) is 0 Å². The summed E-state index contributed by atoms with van der Waals surface area (Å²) in [4.78, 5) is 13.6. The Morgan fingerprint density at radius 3 is 2.52 bits per heavy atom. The number of anilines is 1. The number of hydrogen-bond donors (Lipinski definition) is 1. The molecule has 0 fully saturated rings. The Balaban J connectivity index is 2.08. The zero-order valence-electron chi connectivity index (χ0n) is 12.6. The Labute approximate surface area is 123 Å². The van der Waals surface area contributed by atoms with E-state index in [0.717, 1.165) is 40.5 Å². The first-order valence-corrected chi connectivity index (χ1v) is 7.14. The quantitative estimate of drug-likeness (QED) is 0.801. The molecule has 0 unspecified atom stereocenters. The van der Waals surface area contributed by atoms with Crippen molar-refractivity contribution < 1.29 is 0 Å². The van der Waals surface area contributed by atoms with Crippen LogP contribution in [0.25, 0.3) is 11.0 Å². The van der Waals surface area contributed by atoms with E-state index >= 15 is 0 Å². The standard InChI is InChI=1S/C16H19N5/c1-4-21-14-8-6-5-7-12(14)20-15(21)9-13-16(17)19-11(3)10(2)18-13/h5-8H,4,9H2,1-3H3,(H2,17,19). The fourth-order valence-corrected chi connectivity index (χ4v) is 2.56. The molecule has 3 aromatic rings. The zero-order chi connectivity index (χ0) is 15.0. The molecule has 0 spiro atoms. The SMILES string of the molecule is CCn1c(Cc2nc(C)c(C)nc2N)nc2ccccc21. The molecule has 108 valence electrons. The van der Waals surface area contributed by atoms with Gasteiger partial charge in [0, 0.05) is 6.54 Å². The number of benzene rings is 1. The number of nitrogen functional groups attached to an aromatic ring is 1. The van der Waals surface area contributed by atoms with Crippen LogP contribution in [0.3, 0.4) is 0 Å². The first-order valence-electron chi connectivity index (χ1n) is 7.14. The van der Waals surface area contributed by atoms with Gasteiger partial charge in [-0.1, -0.05) is 12.1 Å². The average Bonchev–Trinajstić information content (AvgIpc) is 2.81. The van der Waals surface area contributed by atoms with Crippen LogP contribution in [0, 0.1) is 13.8 Å². The Bertz CT molecular complexity index is 804. The zero-order valence-corrected chi connectivity index (χ0v) is 12.6. The third kappa shape index (κ3) is 2.35. The van der Waals surface area contributed by atoms with E-state index in [-0.39, 0.29) is 0 Å². The highest BCUT2D eigenvalue weighted by atomic mass is 15.1. The van der Waals surface area contributed by atoms with E-state index in [2.05, 4.69) is 27.5 Å². The van der Waals surface area contributed by atoms with Gasteiger partial charge in [-0.25, -0.2) is 9.97 Å². The van der Waals surface area contributed by atoms with Crippen LogP contribution in [-0.2, 0) is 13.0 Å². The minimum absolute atomic E-state index is 0.493. The topological polar surface area (TPSA) is 69.6 Å². The molecule has 0 aliphatic carbocycles. The van der Waals surface area contributed by atoms with Crippen LogP contribution in [0.15, 0.2) is 24.3 Å². The Kier molecular flexibility index (Phi) is 3.33. The van der Waals surface area contributed by atoms with E-state index < -0.39 is 0 Å². The summed E-state index contributed by atoms with van der Waals surface area (Å²) in [6.45, 7) is 6.86. The van der Waals surface area contributed by atoms with Crippen LogP contribution in [0.1, 0.15) is 29.8 Å². The first-order chi connectivity index (χ1) is 10.1. The second-order valence-corrected chi connectivity index (χ2v) is 5.16. The summed E-state index contributed by atoms with van der Waals surface area (Å²) in [5.74, 6) is 1.47. The van der Waals surface area contributed by atoms with E-state index in [4.69, 9.17) is 10.7 Å². The molecule has 5 nitrogen and oxygen atoms in total. The number of para-hydroxylation sites is 2. The van der Waals surface area contributed by atoms with Crippen molar-refractivity contribution in [2.75, 3.05) is 5.73 Å². The molecule has 0 atom stereocenters. The first kappa shape index (κ1) is 13.5. The van der Waals surface area contributed by atoms with Crippen LogP contribution in [0.2, 0.25) is 0 Å². The highest BCUT2D eigenvalue weighted by Gasteiger charge is 2.13. The lowest BCUT2D eigenvalue weighted by Gasteiger charge is -2.09. The molecule has 0 saturated heterocycles. The second kappa shape index (κ2) is 5.16. The molecule has 0 bridgehead atoms. The summed E-state index contributed by atoms with van der Waals surface area (Å²) in [5.41, 5.74) is 10.7. The summed E-state index contributed by atoms with van der Waals surface area (Å²) < 4.78 is 2.20. The number of nitrogens with zero attached hydrogens (tertiary/aromatic N) is 4. The van der Waals surface area contributed by atoms with E-state index in [9.17, 15) is 0 Å². The third-order valence-electron chi connectivity index (χ3n) is 3.79. The van der Waals surface area contributed by atoms with Gasteiger partial charge in [0.05, 0.1) is 34.5 Å². The van der Waals surface area contributed by atoms with Crippen molar-refractivity contribution in [1.29, 1.82) is 0 Å². The van der Waals surface area contributed by atoms with Crippen LogP contribution in [0.4, 0.5) is 5.82 Å². The number of rotatable bonds is 3. The predicted octanol–water partition coefficient (Wildman–Crippen LogP) is 2.64. The van der Waals surface area contributed by atoms with Gasteiger partial charge in [0.1, 0.15) is 11.6 Å². The molecular weight excluding hydrogens is 262 g/mol. The van der Waals surface area contributed by atoms with Crippen molar-refractivity contribution in [3.8, 4) is 0 Å². The lowest BCUT2D eigenvalue weighted by molar-refractivity contribution is 0.727. The largest absolute Gasteiger partial charge is 0.382 e. The molecule has 0 amide bonds. The maximum atomic E-state index is 6.01. The minimum Gasteiger partial charge on any atom is -0.382 e. The molecule has 21 heavy (non-hydrogen) atoms. The van der Waals surface area contributed by atoms with E-state index in [1.807, 2.05) is 32.0 Å². The van der Waals surface area contributed by atoms with E-state index in [1.165, 1.54) is 0 Å². The summed E-state index contributed by atoms with van der Waals surface area (Å²) in [6.07, 6.45) is 0.600. The third-order valence-corrected chi connectivity index (χ3v) is 3.79. The fourth-order valence-electron chi connectivity index (χ4n) is 2.56. The number of nitrogens with two attached hydrogens (primary N) is 1. The summed E-state index contributed by atoms with van der Waals surface area (Å²) >= 11 is 0. The summed E-state index contributed by atoms with van der Waals surface area (Å²) in [6, 6.07) is 8.15. The van der Waals surface area contributed by atoms with Gasteiger partial charge < -0.3 is 10.3 Å². The van der Waals surface area contributed by atoms with Gasteiger partial charge in [-0.05, 0) is 32.9 Å².